The topological polar surface area (TPSA) is 78.5 Å². The summed E-state index contributed by atoms with van der Waals surface area (Å²) in [6, 6.07) is -0.532. The third kappa shape index (κ3) is 6.24. The molecule has 1 atom stereocenters. The van der Waals surface area contributed by atoms with Crippen LogP contribution in [0, 0.1) is 5.41 Å². The fourth-order valence-corrected chi connectivity index (χ4v) is 4.05. The molecule has 0 aromatic heterocycles. The Kier molecular flexibility index (Phi) is 5.20. The van der Waals surface area contributed by atoms with Crippen molar-refractivity contribution in [3.63, 3.8) is 0 Å². The highest BCUT2D eigenvalue weighted by molar-refractivity contribution is 7.91. The standard InChI is InChI=1S/C12H25N3O3S/c1-12(2,9-15(3)4)8-13-11(16)14-10-5-6-19(17,18)7-10/h10H,5-9H2,1-4H3,(H2,13,14,16)/t10-/m1/s1. The lowest BCUT2D eigenvalue weighted by Gasteiger charge is -2.28. The number of urea groups is 1. The van der Waals surface area contributed by atoms with E-state index >= 15 is 0 Å². The summed E-state index contributed by atoms with van der Waals surface area (Å²) in [7, 11) is 1.03. The minimum absolute atomic E-state index is 0.0252. The van der Waals surface area contributed by atoms with Gasteiger partial charge in [-0.25, -0.2) is 13.2 Å². The Labute approximate surface area is 115 Å². The summed E-state index contributed by atoms with van der Waals surface area (Å²) in [5.41, 5.74) is -0.0252. The zero-order valence-corrected chi connectivity index (χ0v) is 13.0. The summed E-state index contributed by atoms with van der Waals surface area (Å²) in [6.07, 6.45) is 0.511. The van der Waals surface area contributed by atoms with Crippen LogP contribution in [0.5, 0.6) is 0 Å². The number of amides is 2. The monoisotopic (exact) mass is 291 g/mol. The van der Waals surface area contributed by atoms with Crippen LogP contribution in [0.15, 0.2) is 0 Å². The van der Waals surface area contributed by atoms with E-state index in [1.807, 2.05) is 14.1 Å². The van der Waals surface area contributed by atoms with Gasteiger partial charge in [-0.15, -0.1) is 0 Å². The normalized spacial score (nSPS) is 22.5. The van der Waals surface area contributed by atoms with Gasteiger partial charge in [0.15, 0.2) is 9.84 Å². The van der Waals surface area contributed by atoms with Crippen LogP contribution in [-0.4, -0.2) is 64.1 Å². The number of sulfone groups is 1. The van der Waals surface area contributed by atoms with Crippen LogP contribution in [0.2, 0.25) is 0 Å². The van der Waals surface area contributed by atoms with E-state index in [0.29, 0.717) is 13.0 Å². The second-order valence-corrected chi connectivity index (χ2v) is 8.56. The van der Waals surface area contributed by atoms with Crippen molar-refractivity contribution in [1.82, 2.24) is 15.5 Å². The van der Waals surface area contributed by atoms with E-state index in [9.17, 15) is 13.2 Å². The number of nitrogens with zero attached hydrogens (tertiary/aromatic N) is 1. The molecule has 0 bridgehead atoms. The molecule has 0 aromatic carbocycles. The van der Waals surface area contributed by atoms with Crippen LogP contribution >= 0.6 is 0 Å². The summed E-state index contributed by atoms with van der Waals surface area (Å²) in [4.78, 5) is 13.8. The average Bonchev–Trinajstić information content (AvgIpc) is 2.53. The van der Waals surface area contributed by atoms with Crippen molar-refractivity contribution in [2.24, 2.45) is 5.41 Å². The van der Waals surface area contributed by atoms with Gasteiger partial charge in [-0.2, -0.15) is 0 Å². The third-order valence-corrected chi connectivity index (χ3v) is 4.81. The van der Waals surface area contributed by atoms with Crippen molar-refractivity contribution >= 4 is 15.9 Å². The van der Waals surface area contributed by atoms with Gasteiger partial charge in [-0.3, -0.25) is 0 Å². The van der Waals surface area contributed by atoms with Gasteiger partial charge in [0.25, 0.3) is 0 Å². The Balaban J connectivity index is 2.32. The minimum Gasteiger partial charge on any atom is -0.338 e. The number of hydrogen-bond donors (Lipinski definition) is 2. The highest BCUT2D eigenvalue weighted by Gasteiger charge is 2.29. The van der Waals surface area contributed by atoms with Gasteiger partial charge in [0, 0.05) is 19.1 Å². The van der Waals surface area contributed by atoms with Crippen LogP contribution in [-0.2, 0) is 9.84 Å². The molecule has 1 fully saturated rings. The Morgan fingerprint density at radius 1 is 1.37 bits per heavy atom. The predicted octanol–water partition coefficient (Wildman–Crippen LogP) is 0.0605. The molecule has 0 aliphatic carbocycles. The van der Waals surface area contributed by atoms with Gasteiger partial charge in [0.2, 0.25) is 0 Å². The van der Waals surface area contributed by atoms with E-state index in [0.717, 1.165) is 6.54 Å². The van der Waals surface area contributed by atoms with Gasteiger partial charge in [0.05, 0.1) is 11.5 Å². The van der Waals surface area contributed by atoms with Crippen LogP contribution in [0.3, 0.4) is 0 Å². The van der Waals surface area contributed by atoms with Gasteiger partial charge < -0.3 is 15.5 Å². The Hall–Kier alpha value is -0.820. The fourth-order valence-electron chi connectivity index (χ4n) is 2.38. The third-order valence-electron chi connectivity index (χ3n) is 3.04. The van der Waals surface area contributed by atoms with E-state index in [2.05, 4.69) is 29.4 Å². The first-order valence-corrected chi connectivity index (χ1v) is 8.31. The maximum absolute atomic E-state index is 11.7. The summed E-state index contributed by atoms with van der Waals surface area (Å²) < 4.78 is 22.6. The lowest BCUT2D eigenvalue weighted by molar-refractivity contribution is 0.214. The van der Waals surface area contributed by atoms with Crippen molar-refractivity contribution in [3.8, 4) is 0 Å². The molecule has 0 spiro atoms. The number of rotatable bonds is 5. The van der Waals surface area contributed by atoms with Gasteiger partial charge in [0.1, 0.15) is 0 Å². The SMILES string of the molecule is CN(C)CC(C)(C)CNC(=O)N[C@@H]1CCS(=O)(=O)C1. The quantitative estimate of drug-likeness (QED) is 0.751. The fraction of sp³-hybridized carbons (Fsp3) is 0.917. The summed E-state index contributed by atoms with van der Waals surface area (Å²) >= 11 is 0. The lowest BCUT2D eigenvalue weighted by Crippen LogP contribution is -2.47. The van der Waals surface area contributed by atoms with Crippen LogP contribution < -0.4 is 10.6 Å². The van der Waals surface area contributed by atoms with Crippen LogP contribution in [0.4, 0.5) is 4.79 Å². The van der Waals surface area contributed by atoms with E-state index in [4.69, 9.17) is 0 Å². The molecule has 0 aromatic rings. The highest BCUT2D eigenvalue weighted by Crippen LogP contribution is 2.14. The van der Waals surface area contributed by atoms with Crippen LogP contribution in [0.1, 0.15) is 20.3 Å². The highest BCUT2D eigenvalue weighted by atomic mass is 32.2. The lowest BCUT2D eigenvalue weighted by atomic mass is 9.93. The summed E-state index contributed by atoms with van der Waals surface area (Å²) in [6.45, 7) is 5.57. The molecule has 112 valence electrons. The molecule has 7 heteroatoms. The van der Waals surface area contributed by atoms with Crippen molar-refractivity contribution in [1.29, 1.82) is 0 Å². The smallest absolute Gasteiger partial charge is 0.315 e. The minimum atomic E-state index is -2.95. The molecule has 19 heavy (non-hydrogen) atoms. The van der Waals surface area contributed by atoms with Crippen molar-refractivity contribution < 1.29 is 13.2 Å². The molecule has 0 radical (unpaired) electrons. The van der Waals surface area contributed by atoms with Crippen molar-refractivity contribution in [2.45, 2.75) is 26.3 Å². The average molecular weight is 291 g/mol. The molecule has 6 nitrogen and oxygen atoms in total. The van der Waals surface area contributed by atoms with E-state index in [1.54, 1.807) is 0 Å². The van der Waals surface area contributed by atoms with Gasteiger partial charge >= 0.3 is 6.03 Å². The van der Waals surface area contributed by atoms with E-state index in [1.165, 1.54) is 0 Å². The maximum atomic E-state index is 11.7. The molecule has 1 aliphatic heterocycles. The first kappa shape index (κ1) is 16.2. The molecular weight excluding hydrogens is 266 g/mol. The van der Waals surface area contributed by atoms with Crippen LogP contribution in [0.25, 0.3) is 0 Å². The Bertz CT molecular complexity index is 418. The number of carbonyl (C=O) groups excluding carboxylic acids is 1. The number of hydrogen-bond acceptors (Lipinski definition) is 4. The van der Waals surface area contributed by atoms with E-state index in [-0.39, 0.29) is 29.0 Å². The second-order valence-electron chi connectivity index (χ2n) is 6.33. The first-order chi connectivity index (χ1) is 8.60. The molecular formula is C12H25N3O3S. The Morgan fingerprint density at radius 3 is 2.47 bits per heavy atom. The Morgan fingerprint density at radius 2 is 2.00 bits per heavy atom. The maximum Gasteiger partial charge on any atom is 0.315 e. The van der Waals surface area contributed by atoms with Gasteiger partial charge in [-0.05, 0) is 25.9 Å². The molecule has 1 rings (SSSR count). The summed E-state index contributed by atoms with van der Waals surface area (Å²) in [5.74, 6) is 0.228. The zero-order valence-electron chi connectivity index (χ0n) is 12.2. The molecule has 1 heterocycles. The molecule has 1 aliphatic rings. The zero-order chi connectivity index (χ0) is 14.7. The molecule has 2 amide bonds. The molecule has 1 saturated heterocycles. The summed E-state index contributed by atoms with van der Waals surface area (Å²) in [5, 5.41) is 5.53. The van der Waals surface area contributed by atoms with E-state index < -0.39 is 9.84 Å². The van der Waals surface area contributed by atoms with Crippen molar-refractivity contribution in [2.75, 3.05) is 38.7 Å². The molecule has 0 unspecified atom stereocenters. The first-order valence-electron chi connectivity index (χ1n) is 6.49. The molecule has 2 N–H and O–H groups in total. The van der Waals surface area contributed by atoms with Crippen molar-refractivity contribution in [3.05, 3.63) is 0 Å². The predicted molar refractivity (Wildman–Crippen MR) is 75.9 cm³/mol. The largest absolute Gasteiger partial charge is 0.338 e. The van der Waals surface area contributed by atoms with Gasteiger partial charge in [-0.1, -0.05) is 13.8 Å². The number of nitrogens with one attached hydrogen (secondary N) is 2. The number of carbonyl (C=O) groups is 1. The molecule has 0 saturated carbocycles. The second kappa shape index (κ2) is 6.09.